The quantitative estimate of drug-likeness (QED) is 0.654. The lowest BCUT2D eigenvalue weighted by Gasteiger charge is -2.13. The normalized spacial score (nSPS) is 14.0. The summed E-state index contributed by atoms with van der Waals surface area (Å²) in [7, 11) is 0. The van der Waals surface area contributed by atoms with Gasteiger partial charge in [-0.3, -0.25) is 19.3 Å². The van der Waals surface area contributed by atoms with Gasteiger partial charge in [0.1, 0.15) is 5.76 Å². The predicted molar refractivity (Wildman–Crippen MR) is 107 cm³/mol. The minimum atomic E-state index is -0.422. The molecule has 0 aliphatic carbocycles. The predicted octanol–water partition coefficient (Wildman–Crippen LogP) is 3.61. The molecular weight excluding hydrogens is 368 g/mol. The highest BCUT2D eigenvalue weighted by atomic mass is 16.3. The summed E-state index contributed by atoms with van der Waals surface area (Å²) >= 11 is 0. The molecule has 2 aromatic carbocycles. The minimum absolute atomic E-state index is 0.0649. The zero-order valence-electron chi connectivity index (χ0n) is 15.9. The number of carbonyl (C=O) groups is 3. The standard InChI is InChI=1S/C23H20N2O4/c1-15(16-6-3-2-4-7-16)13-24-21(26)17-9-10-19-20(12-17)23(28)25(22(19)27)14-18-8-5-11-29-18/h2-12,15H,13-14H2,1H3,(H,24,26). The van der Waals surface area contributed by atoms with E-state index in [2.05, 4.69) is 5.32 Å². The van der Waals surface area contributed by atoms with Gasteiger partial charge in [-0.25, -0.2) is 0 Å². The second-order valence-electron chi connectivity index (χ2n) is 7.06. The molecule has 146 valence electrons. The fraction of sp³-hybridized carbons (Fsp3) is 0.174. The highest BCUT2D eigenvalue weighted by Gasteiger charge is 2.36. The third-order valence-corrected chi connectivity index (χ3v) is 5.06. The molecule has 6 nitrogen and oxygen atoms in total. The Morgan fingerprint density at radius 3 is 2.48 bits per heavy atom. The summed E-state index contributed by atoms with van der Waals surface area (Å²) in [6.07, 6.45) is 1.49. The average Bonchev–Trinajstić information content (AvgIpc) is 3.35. The molecule has 2 heterocycles. The van der Waals surface area contributed by atoms with Crippen molar-refractivity contribution in [3.05, 3.63) is 94.9 Å². The molecule has 0 saturated carbocycles. The monoisotopic (exact) mass is 388 g/mol. The third-order valence-electron chi connectivity index (χ3n) is 5.06. The number of nitrogens with one attached hydrogen (secondary N) is 1. The number of fused-ring (bicyclic) bond motifs is 1. The van der Waals surface area contributed by atoms with Crippen LogP contribution in [0, 0.1) is 0 Å². The number of benzene rings is 2. The lowest BCUT2D eigenvalue weighted by molar-refractivity contribution is 0.0631. The van der Waals surface area contributed by atoms with E-state index in [1.54, 1.807) is 18.2 Å². The molecule has 1 aliphatic rings. The van der Waals surface area contributed by atoms with Gasteiger partial charge in [0.15, 0.2) is 0 Å². The molecule has 3 amide bonds. The van der Waals surface area contributed by atoms with Gasteiger partial charge in [0.2, 0.25) is 0 Å². The van der Waals surface area contributed by atoms with Crippen LogP contribution in [0.5, 0.6) is 0 Å². The Balaban J connectivity index is 1.46. The number of carbonyl (C=O) groups excluding carboxylic acids is 3. The van der Waals surface area contributed by atoms with Gasteiger partial charge in [-0.05, 0) is 41.8 Å². The fourth-order valence-electron chi connectivity index (χ4n) is 3.38. The summed E-state index contributed by atoms with van der Waals surface area (Å²) in [6.45, 7) is 2.57. The first-order valence-corrected chi connectivity index (χ1v) is 9.40. The molecule has 1 aromatic heterocycles. The van der Waals surface area contributed by atoms with Crippen LogP contribution in [0.15, 0.2) is 71.3 Å². The highest BCUT2D eigenvalue weighted by Crippen LogP contribution is 2.26. The Kier molecular flexibility index (Phi) is 4.99. The van der Waals surface area contributed by atoms with Crippen molar-refractivity contribution in [2.45, 2.75) is 19.4 Å². The number of hydrogen-bond donors (Lipinski definition) is 1. The zero-order chi connectivity index (χ0) is 20.4. The van der Waals surface area contributed by atoms with Crippen molar-refractivity contribution in [2.24, 2.45) is 0 Å². The first-order valence-electron chi connectivity index (χ1n) is 9.40. The van der Waals surface area contributed by atoms with Gasteiger partial charge < -0.3 is 9.73 Å². The molecule has 0 radical (unpaired) electrons. The van der Waals surface area contributed by atoms with Crippen LogP contribution in [0.1, 0.15) is 55.2 Å². The zero-order valence-corrected chi connectivity index (χ0v) is 15.9. The van der Waals surface area contributed by atoms with Crippen LogP contribution in [-0.2, 0) is 6.54 Å². The second-order valence-corrected chi connectivity index (χ2v) is 7.06. The van der Waals surface area contributed by atoms with E-state index >= 15 is 0 Å². The number of rotatable bonds is 6. The Morgan fingerprint density at radius 1 is 1.00 bits per heavy atom. The van der Waals surface area contributed by atoms with Gasteiger partial charge in [0.25, 0.3) is 17.7 Å². The van der Waals surface area contributed by atoms with E-state index in [1.807, 2.05) is 37.3 Å². The SMILES string of the molecule is CC(CNC(=O)c1ccc2c(c1)C(=O)N(Cc1ccco1)C2=O)c1ccccc1. The van der Waals surface area contributed by atoms with Gasteiger partial charge in [0, 0.05) is 12.1 Å². The second kappa shape index (κ2) is 7.75. The summed E-state index contributed by atoms with van der Waals surface area (Å²) in [5.41, 5.74) is 2.03. The number of nitrogens with zero attached hydrogens (tertiary/aromatic N) is 1. The smallest absolute Gasteiger partial charge is 0.261 e. The van der Waals surface area contributed by atoms with E-state index in [0.717, 1.165) is 10.5 Å². The van der Waals surface area contributed by atoms with E-state index in [9.17, 15) is 14.4 Å². The van der Waals surface area contributed by atoms with Gasteiger partial charge in [-0.2, -0.15) is 0 Å². The molecule has 0 bridgehead atoms. The van der Waals surface area contributed by atoms with Crippen LogP contribution in [0.2, 0.25) is 0 Å². The molecule has 4 rings (SSSR count). The molecule has 0 saturated heterocycles. The van der Waals surface area contributed by atoms with E-state index < -0.39 is 5.91 Å². The Labute approximate surface area is 168 Å². The summed E-state index contributed by atoms with van der Waals surface area (Å²) in [4.78, 5) is 38.9. The molecule has 29 heavy (non-hydrogen) atoms. The lowest BCUT2D eigenvalue weighted by Crippen LogP contribution is -2.29. The first-order chi connectivity index (χ1) is 14.0. The summed E-state index contributed by atoms with van der Waals surface area (Å²) < 4.78 is 5.23. The van der Waals surface area contributed by atoms with E-state index in [-0.39, 0.29) is 29.8 Å². The molecule has 3 aromatic rings. The van der Waals surface area contributed by atoms with Crippen molar-refractivity contribution in [2.75, 3.05) is 6.54 Å². The van der Waals surface area contributed by atoms with E-state index in [1.165, 1.54) is 18.4 Å². The van der Waals surface area contributed by atoms with Crippen molar-refractivity contribution in [3.8, 4) is 0 Å². The maximum absolute atomic E-state index is 12.7. The van der Waals surface area contributed by atoms with Crippen molar-refractivity contribution in [3.63, 3.8) is 0 Å². The maximum Gasteiger partial charge on any atom is 0.261 e. The highest BCUT2D eigenvalue weighted by molar-refractivity contribution is 6.22. The molecular formula is C23H20N2O4. The molecule has 1 aliphatic heterocycles. The molecule has 0 spiro atoms. The number of amides is 3. The van der Waals surface area contributed by atoms with Crippen LogP contribution in [0.3, 0.4) is 0 Å². The van der Waals surface area contributed by atoms with Crippen molar-refractivity contribution in [1.29, 1.82) is 0 Å². The number of hydrogen-bond acceptors (Lipinski definition) is 4. The molecule has 1 N–H and O–H groups in total. The van der Waals surface area contributed by atoms with Crippen LogP contribution in [0.4, 0.5) is 0 Å². The van der Waals surface area contributed by atoms with Gasteiger partial charge in [0.05, 0.1) is 23.9 Å². The minimum Gasteiger partial charge on any atom is -0.467 e. The van der Waals surface area contributed by atoms with Crippen molar-refractivity contribution < 1.29 is 18.8 Å². The summed E-state index contributed by atoms with van der Waals surface area (Å²) in [5, 5.41) is 2.90. The Hall–Kier alpha value is -3.67. The maximum atomic E-state index is 12.7. The Bertz CT molecular complexity index is 1060. The van der Waals surface area contributed by atoms with Crippen molar-refractivity contribution >= 4 is 17.7 Å². The van der Waals surface area contributed by atoms with Gasteiger partial charge in [-0.15, -0.1) is 0 Å². The van der Waals surface area contributed by atoms with E-state index in [0.29, 0.717) is 23.4 Å². The summed E-state index contributed by atoms with van der Waals surface area (Å²) in [5.74, 6) is -0.408. The van der Waals surface area contributed by atoms with Gasteiger partial charge in [-0.1, -0.05) is 37.3 Å². The molecule has 1 unspecified atom stereocenters. The summed E-state index contributed by atoms with van der Waals surface area (Å²) in [6, 6.07) is 17.9. The Morgan fingerprint density at radius 2 is 1.76 bits per heavy atom. The fourth-order valence-corrected chi connectivity index (χ4v) is 3.38. The van der Waals surface area contributed by atoms with Crippen LogP contribution < -0.4 is 5.32 Å². The number of furan rings is 1. The van der Waals surface area contributed by atoms with E-state index in [4.69, 9.17) is 4.42 Å². The van der Waals surface area contributed by atoms with Crippen LogP contribution >= 0.6 is 0 Å². The van der Waals surface area contributed by atoms with Crippen LogP contribution in [-0.4, -0.2) is 29.2 Å². The van der Waals surface area contributed by atoms with Crippen LogP contribution in [0.25, 0.3) is 0 Å². The topological polar surface area (TPSA) is 79.6 Å². The van der Waals surface area contributed by atoms with Gasteiger partial charge >= 0.3 is 0 Å². The average molecular weight is 388 g/mol. The van der Waals surface area contributed by atoms with Crippen molar-refractivity contribution in [1.82, 2.24) is 10.2 Å². The molecule has 6 heteroatoms. The largest absolute Gasteiger partial charge is 0.467 e. The number of imide groups is 1. The third kappa shape index (κ3) is 3.69. The first kappa shape index (κ1) is 18.7. The molecule has 1 atom stereocenters. The lowest BCUT2D eigenvalue weighted by atomic mass is 10.0. The molecule has 0 fully saturated rings.